The topological polar surface area (TPSA) is 81.2 Å². The first kappa shape index (κ1) is 14.3. The molecule has 0 saturated heterocycles. The van der Waals surface area contributed by atoms with Gasteiger partial charge in [0.1, 0.15) is 0 Å². The molecule has 0 aliphatic rings. The third kappa shape index (κ3) is 3.13. The lowest BCUT2D eigenvalue weighted by molar-refractivity contribution is -0.384. The van der Waals surface area contributed by atoms with Crippen molar-refractivity contribution in [2.75, 3.05) is 11.9 Å². The van der Waals surface area contributed by atoms with Gasteiger partial charge in [-0.05, 0) is 12.5 Å². The maximum absolute atomic E-state index is 13.6. The van der Waals surface area contributed by atoms with Gasteiger partial charge in [0.15, 0.2) is 17.3 Å². The van der Waals surface area contributed by atoms with E-state index in [0.717, 1.165) is 18.6 Å². The van der Waals surface area contributed by atoms with E-state index in [1.807, 2.05) is 6.92 Å². The van der Waals surface area contributed by atoms with E-state index < -0.39 is 27.9 Å². The van der Waals surface area contributed by atoms with Gasteiger partial charge in [0.2, 0.25) is 0 Å². The van der Waals surface area contributed by atoms with Gasteiger partial charge in [0, 0.05) is 18.7 Å². The number of hydrogen-bond donors (Lipinski definition) is 2. The van der Waals surface area contributed by atoms with Crippen LogP contribution >= 0.6 is 0 Å². The molecule has 1 aromatic carbocycles. The van der Waals surface area contributed by atoms with Crippen LogP contribution < -0.4 is 11.1 Å². The van der Waals surface area contributed by atoms with Crippen molar-refractivity contribution in [2.45, 2.75) is 25.8 Å². The van der Waals surface area contributed by atoms with Crippen LogP contribution in [0.1, 0.15) is 19.8 Å². The van der Waals surface area contributed by atoms with Gasteiger partial charge in [-0.3, -0.25) is 10.1 Å². The van der Waals surface area contributed by atoms with Gasteiger partial charge in [0.25, 0.3) is 5.69 Å². The molecule has 100 valence electrons. The predicted octanol–water partition coefficient (Wildman–Crippen LogP) is 2.41. The fraction of sp³-hybridized carbons (Fsp3) is 0.455. The molecular weight excluding hydrogens is 244 g/mol. The minimum Gasteiger partial charge on any atom is -0.373 e. The second-order valence-corrected chi connectivity index (χ2v) is 3.88. The molecule has 0 aliphatic carbocycles. The van der Waals surface area contributed by atoms with Crippen molar-refractivity contribution < 1.29 is 13.7 Å². The average molecular weight is 259 g/mol. The highest BCUT2D eigenvalue weighted by Gasteiger charge is 2.23. The molecule has 0 amide bonds. The lowest BCUT2D eigenvalue weighted by atomic mass is 10.1. The molecule has 0 spiro atoms. The van der Waals surface area contributed by atoms with Crippen molar-refractivity contribution in [3.8, 4) is 0 Å². The van der Waals surface area contributed by atoms with Crippen LogP contribution in [0.4, 0.5) is 20.2 Å². The van der Waals surface area contributed by atoms with E-state index in [-0.39, 0.29) is 12.6 Å². The molecule has 7 heteroatoms. The number of nitrogens with one attached hydrogen (secondary N) is 1. The van der Waals surface area contributed by atoms with Gasteiger partial charge in [0.05, 0.1) is 4.92 Å². The Labute approximate surface area is 103 Å². The smallest absolute Gasteiger partial charge is 0.295 e. The SMILES string of the molecule is CCCC(CN)Nc1c([N+](=O)[O-])ccc(F)c1F. The van der Waals surface area contributed by atoms with E-state index in [4.69, 9.17) is 5.73 Å². The number of anilines is 1. The number of nitro groups is 1. The summed E-state index contributed by atoms with van der Waals surface area (Å²) in [6.07, 6.45) is 1.39. The molecule has 0 aliphatic heterocycles. The number of nitrogens with two attached hydrogens (primary N) is 1. The van der Waals surface area contributed by atoms with Gasteiger partial charge in [-0.1, -0.05) is 13.3 Å². The highest BCUT2D eigenvalue weighted by Crippen LogP contribution is 2.29. The highest BCUT2D eigenvalue weighted by molar-refractivity contribution is 5.63. The van der Waals surface area contributed by atoms with Gasteiger partial charge >= 0.3 is 0 Å². The van der Waals surface area contributed by atoms with Crippen LogP contribution in [0.3, 0.4) is 0 Å². The minimum absolute atomic E-state index is 0.181. The quantitative estimate of drug-likeness (QED) is 0.607. The molecule has 3 N–H and O–H groups in total. The Balaban J connectivity index is 3.12. The molecule has 1 atom stereocenters. The Hall–Kier alpha value is -1.76. The summed E-state index contributed by atoms with van der Waals surface area (Å²) in [6.45, 7) is 2.08. The largest absolute Gasteiger partial charge is 0.373 e. The molecular formula is C11H15F2N3O2. The van der Waals surface area contributed by atoms with E-state index in [1.54, 1.807) is 0 Å². The number of rotatable bonds is 6. The Bertz CT molecular complexity index is 441. The third-order valence-electron chi connectivity index (χ3n) is 2.54. The van der Waals surface area contributed by atoms with Crippen LogP contribution in [-0.2, 0) is 0 Å². The molecule has 1 unspecified atom stereocenters. The van der Waals surface area contributed by atoms with E-state index in [1.165, 1.54) is 0 Å². The molecule has 1 rings (SSSR count). The Morgan fingerprint density at radius 3 is 2.67 bits per heavy atom. The normalized spacial score (nSPS) is 12.2. The molecule has 1 aromatic rings. The van der Waals surface area contributed by atoms with Crippen molar-refractivity contribution in [1.82, 2.24) is 0 Å². The zero-order chi connectivity index (χ0) is 13.7. The van der Waals surface area contributed by atoms with E-state index in [2.05, 4.69) is 5.32 Å². The Morgan fingerprint density at radius 2 is 2.17 bits per heavy atom. The number of benzene rings is 1. The zero-order valence-corrected chi connectivity index (χ0v) is 9.95. The van der Waals surface area contributed by atoms with Crippen molar-refractivity contribution >= 4 is 11.4 Å². The summed E-state index contributed by atoms with van der Waals surface area (Å²) in [5.74, 6) is -2.38. The summed E-state index contributed by atoms with van der Waals surface area (Å²) in [5.41, 5.74) is 4.53. The summed E-state index contributed by atoms with van der Waals surface area (Å²) in [6, 6.07) is 1.33. The molecule has 0 bridgehead atoms. The lowest BCUT2D eigenvalue weighted by Gasteiger charge is -2.17. The standard InChI is InChI=1S/C11H15F2N3O2/c1-2-3-7(6-14)15-11-9(16(17)18)5-4-8(12)10(11)13/h4-5,7,15H,2-3,6,14H2,1H3. The summed E-state index contributed by atoms with van der Waals surface area (Å²) in [7, 11) is 0. The monoisotopic (exact) mass is 259 g/mol. The number of halogens is 2. The predicted molar refractivity (Wildman–Crippen MR) is 64.4 cm³/mol. The first-order valence-corrected chi connectivity index (χ1v) is 5.60. The summed E-state index contributed by atoms with van der Waals surface area (Å²) in [5, 5.41) is 13.4. The maximum Gasteiger partial charge on any atom is 0.295 e. The second-order valence-electron chi connectivity index (χ2n) is 3.88. The van der Waals surface area contributed by atoms with E-state index >= 15 is 0 Å². The van der Waals surface area contributed by atoms with Gasteiger partial charge < -0.3 is 11.1 Å². The van der Waals surface area contributed by atoms with E-state index in [0.29, 0.717) is 6.42 Å². The molecule has 18 heavy (non-hydrogen) atoms. The second kappa shape index (κ2) is 6.25. The van der Waals surface area contributed by atoms with Crippen LogP contribution in [0.15, 0.2) is 12.1 Å². The molecule has 5 nitrogen and oxygen atoms in total. The fourth-order valence-corrected chi connectivity index (χ4v) is 1.63. The van der Waals surface area contributed by atoms with Crippen LogP contribution in [0.5, 0.6) is 0 Å². The molecule has 0 heterocycles. The maximum atomic E-state index is 13.6. The van der Waals surface area contributed by atoms with E-state index in [9.17, 15) is 18.9 Å². The third-order valence-corrected chi connectivity index (χ3v) is 2.54. The van der Waals surface area contributed by atoms with Crippen LogP contribution in [-0.4, -0.2) is 17.5 Å². The Morgan fingerprint density at radius 1 is 1.50 bits per heavy atom. The molecule has 0 fully saturated rings. The lowest BCUT2D eigenvalue weighted by Crippen LogP contribution is -2.29. The summed E-state index contributed by atoms with van der Waals surface area (Å²) in [4.78, 5) is 10.00. The minimum atomic E-state index is -1.25. The van der Waals surface area contributed by atoms with Gasteiger partial charge in [-0.25, -0.2) is 8.78 Å². The first-order valence-electron chi connectivity index (χ1n) is 5.60. The Kier molecular flexibility index (Phi) is 4.96. The van der Waals surface area contributed by atoms with Crippen molar-refractivity contribution in [3.63, 3.8) is 0 Å². The fourth-order valence-electron chi connectivity index (χ4n) is 1.63. The number of nitro benzene ring substituents is 1. The molecule has 0 saturated carbocycles. The van der Waals surface area contributed by atoms with Crippen molar-refractivity contribution in [3.05, 3.63) is 33.9 Å². The van der Waals surface area contributed by atoms with Crippen LogP contribution in [0, 0.1) is 21.7 Å². The number of hydrogen-bond acceptors (Lipinski definition) is 4. The van der Waals surface area contributed by atoms with Crippen LogP contribution in [0.2, 0.25) is 0 Å². The van der Waals surface area contributed by atoms with Crippen molar-refractivity contribution in [2.24, 2.45) is 5.73 Å². The molecule has 0 aromatic heterocycles. The molecule has 0 radical (unpaired) electrons. The first-order chi connectivity index (χ1) is 8.51. The van der Waals surface area contributed by atoms with Gasteiger partial charge in [-0.2, -0.15) is 0 Å². The van der Waals surface area contributed by atoms with Crippen molar-refractivity contribution in [1.29, 1.82) is 0 Å². The highest BCUT2D eigenvalue weighted by atomic mass is 19.2. The zero-order valence-electron chi connectivity index (χ0n) is 9.95. The number of nitrogens with zero attached hydrogens (tertiary/aromatic N) is 1. The van der Waals surface area contributed by atoms with Gasteiger partial charge in [-0.15, -0.1) is 0 Å². The summed E-state index contributed by atoms with van der Waals surface area (Å²) >= 11 is 0. The average Bonchev–Trinajstić information content (AvgIpc) is 2.33. The summed E-state index contributed by atoms with van der Waals surface area (Å²) < 4.78 is 26.7. The van der Waals surface area contributed by atoms with Crippen LogP contribution in [0.25, 0.3) is 0 Å².